The van der Waals surface area contributed by atoms with Crippen molar-refractivity contribution in [2.45, 2.75) is 33.7 Å². The van der Waals surface area contributed by atoms with Crippen LogP contribution in [0.25, 0.3) is 0 Å². The molecular weight excluding hydrogens is 260 g/mol. The van der Waals surface area contributed by atoms with E-state index >= 15 is 0 Å². The summed E-state index contributed by atoms with van der Waals surface area (Å²) in [5.74, 6) is 0.246. The van der Waals surface area contributed by atoms with Crippen molar-refractivity contribution in [3.63, 3.8) is 0 Å². The molecule has 1 amide bonds. The second-order valence-electron chi connectivity index (χ2n) is 5.08. The Labute approximate surface area is 117 Å². The Kier molecular flexibility index (Phi) is 5.42. The number of carbonyl (C=O) groups excluding carboxylic acids is 1. The van der Waals surface area contributed by atoms with Crippen molar-refractivity contribution in [2.75, 3.05) is 11.9 Å². The molecule has 1 aromatic rings. The van der Waals surface area contributed by atoms with Crippen molar-refractivity contribution in [3.05, 3.63) is 27.9 Å². The number of nitrogens with zero attached hydrogens (tertiary/aromatic N) is 2. The molecule has 7 heteroatoms. The van der Waals surface area contributed by atoms with Crippen LogP contribution >= 0.6 is 0 Å². The summed E-state index contributed by atoms with van der Waals surface area (Å²) in [6.45, 7) is 7.92. The molecule has 0 radical (unpaired) electrons. The fraction of sp³-hybridized carbons (Fsp3) is 0.538. The molecule has 1 rings (SSSR count). The van der Waals surface area contributed by atoms with Gasteiger partial charge in [0.25, 0.3) is 0 Å². The maximum Gasteiger partial charge on any atom is 0.311 e. The van der Waals surface area contributed by atoms with Crippen LogP contribution in [0.5, 0.6) is 0 Å². The lowest BCUT2D eigenvalue weighted by Crippen LogP contribution is -2.39. The molecule has 110 valence electrons. The maximum absolute atomic E-state index is 11.8. The van der Waals surface area contributed by atoms with Gasteiger partial charge in [0, 0.05) is 18.3 Å². The minimum absolute atomic E-state index is 0.113. The summed E-state index contributed by atoms with van der Waals surface area (Å²) in [6, 6.07) is 2.35. The van der Waals surface area contributed by atoms with Gasteiger partial charge >= 0.3 is 5.69 Å². The van der Waals surface area contributed by atoms with E-state index in [0.717, 1.165) is 0 Å². The second-order valence-corrected chi connectivity index (χ2v) is 5.08. The van der Waals surface area contributed by atoms with E-state index in [1.807, 2.05) is 13.8 Å². The molecule has 20 heavy (non-hydrogen) atoms. The molecule has 0 saturated heterocycles. The summed E-state index contributed by atoms with van der Waals surface area (Å²) in [4.78, 5) is 26.3. The smallest absolute Gasteiger partial charge is 0.311 e. The van der Waals surface area contributed by atoms with Crippen molar-refractivity contribution in [3.8, 4) is 0 Å². The van der Waals surface area contributed by atoms with Crippen molar-refractivity contribution in [1.29, 1.82) is 0 Å². The van der Waals surface area contributed by atoms with Crippen LogP contribution in [0.1, 0.15) is 26.5 Å². The zero-order chi connectivity index (χ0) is 15.3. The van der Waals surface area contributed by atoms with Crippen molar-refractivity contribution >= 4 is 17.4 Å². The summed E-state index contributed by atoms with van der Waals surface area (Å²) in [6.07, 6.45) is 0. The molecule has 7 nitrogen and oxygen atoms in total. The molecule has 1 atom stereocenters. The van der Waals surface area contributed by atoms with Crippen LogP contribution in [-0.2, 0) is 4.79 Å². The van der Waals surface area contributed by atoms with Crippen LogP contribution < -0.4 is 10.6 Å². The molecule has 2 N–H and O–H groups in total. The molecule has 0 aliphatic heterocycles. The number of nitro groups is 1. The average Bonchev–Trinajstić information content (AvgIpc) is 2.35. The molecule has 1 heterocycles. The summed E-state index contributed by atoms with van der Waals surface area (Å²) in [7, 11) is 0. The van der Waals surface area contributed by atoms with E-state index in [1.165, 1.54) is 6.07 Å². The Balaban J connectivity index is 2.79. The number of carbonyl (C=O) groups is 1. The highest BCUT2D eigenvalue weighted by atomic mass is 16.6. The lowest BCUT2D eigenvalue weighted by molar-refractivity contribution is -0.384. The molecular formula is C13H20N4O3. The third-order valence-electron chi connectivity index (χ3n) is 2.64. The third kappa shape index (κ3) is 4.49. The number of nitrogens with one attached hydrogen (secondary N) is 2. The summed E-state index contributed by atoms with van der Waals surface area (Å²) >= 11 is 0. The zero-order valence-electron chi connectivity index (χ0n) is 12.1. The van der Waals surface area contributed by atoms with E-state index in [4.69, 9.17) is 0 Å². The topological polar surface area (TPSA) is 97.2 Å². The van der Waals surface area contributed by atoms with Crippen molar-refractivity contribution in [2.24, 2.45) is 5.92 Å². The fourth-order valence-corrected chi connectivity index (χ4v) is 1.53. The standard InChI is InChI=1S/C13H20N4O3/c1-8(2)7-14-13(18)10(4)16-12-11(17(19)20)6-5-9(3)15-12/h5-6,8,10H,7H2,1-4H3,(H,14,18)(H,15,16). The SMILES string of the molecule is Cc1ccc([N+](=O)[O-])c(NC(C)C(=O)NCC(C)C)n1. The molecule has 0 aromatic carbocycles. The van der Waals surface area contributed by atoms with Gasteiger partial charge in [-0.05, 0) is 25.8 Å². The Bertz CT molecular complexity index is 502. The largest absolute Gasteiger partial charge is 0.354 e. The molecule has 1 aromatic heterocycles. The van der Waals surface area contributed by atoms with Gasteiger partial charge in [-0.25, -0.2) is 4.98 Å². The monoisotopic (exact) mass is 280 g/mol. The van der Waals surface area contributed by atoms with Gasteiger partial charge in [0.15, 0.2) is 0 Å². The first-order valence-corrected chi connectivity index (χ1v) is 6.47. The first kappa shape index (κ1) is 15.9. The van der Waals surface area contributed by atoms with Gasteiger partial charge in [0.05, 0.1) is 4.92 Å². The number of pyridine rings is 1. The number of hydrogen-bond acceptors (Lipinski definition) is 5. The molecule has 0 aliphatic carbocycles. The van der Waals surface area contributed by atoms with Crippen LogP contribution in [0.15, 0.2) is 12.1 Å². The molecule has 0 spiro atoms. The lowest BCUT2D eigenvalue weighted by atomic mass is 10.2. The van der Waals surface area contributed by atoms with E-state index in [1.54, 1.807) is 19.9 Å². The van der Waals surface area contributed by atoms with E-state index < -0.39 is 11.0 Å². The van der Waals surface area contributed by atoms with E-state index in [9.17, 15) is 14.9 Å². The van der Waals surface area contributed by atoms with Gasteiger partial charge in [0.2, 0.25) is 11.7 Å². The highest BCUT2D eigenvalue weighted by molar-refractivity contribution is 5.84. The third-order valence-corrected chi connectivity index (χ3v) is 2.64. The van der Waals surface area contributed by atoms with Gasteiger partial charge in [-0.3, -0.25) is 14.9 Å². The number of hydrogen-bond donors (Lipinski definition) is 2. The Morgan fingerprint density at radius 2 is 2.05 bits per heavy atom. The van der Waals surface area contributed by atoms with Crippen LogP contribution in [0.2, 0.25) is 0 Å². The minimum Gasteiger partial charge on any atom is -0.354 e. The van der Waals surface area contributed by atoms with Gasteiger partial charge in [-0.15, -0.1) is 0 Å². The van der Waals surface area contributed by atoms with E-state index in [-0.39, 0.29) is 17.4 Å². The predicted molar refractivity (Wildman–Crippen MR) is 76.6 cm³/mol. The highest BCUT2D eigenvalue weighted by Crippen LogP contribution is 2.22. The molecule has 0 fully saturated rings. The molecule has 0 bridgehead atoms. The quantitative estimate of drug-likeness (QED) is 0.612. The normalized spacial score (nSPS) is 12.1. The maximum atomic E-state index is 11.8. The Hall–Kier alpha value is -2.18. The highest BCUT2D eigenvalue weighted by Gasteiger charge is 2.20. The van der Waals surface area contributed by atoms with E-state index in [0.29, 0.717) is 18.2 Å². The predicted octanol–water partition coefficient (Wildman–Crippen LogP) is 1.87. The second kappa shape index (κ2) is 6.83. The van der Waals surface area contributed by atoms with Crippen molar-refractivity contribution in [1.82, 2.24) is 10.3 Å². The van der Waals surface area contributed by atoms with Gasteiger partial charge in [0.1, 0.15) is 6.04 Å². The summed E-state index contributed by atoms with van der Waals surface area (Å²) in [5, 5.41) is 16.5. The minimum atomic E-state index is -0.596. The molecule has 0 saturated carbocycles. The fourth-order valence-electron chi connectivity index (χ4n) is 1.53. The lowest BCUT2D eigenvalue weighted by Gasteiger charge is -2.15. The first-order valence-electron chi connectivity index (χ1n) is 6.47. The zero-order valence-corrected chi connectivity index (χ0v) is 12.1. The van der Waals surface area contributed by atoms with Crippen LogP contribution in [0.4, 0.5) is 11.5 Å². The van der Waals surface area contributed by atoms with Gasteiger partial charge in [-0.1, -0.05) is 13.8 Å². The van der Waals surface area contributed by atoms with Crippen LogP contribution in [0.3, 0.4) is 0 Å². The number of amides is 1. The van der Waals surface area contributed by atoms with Gasteiger partial charge < -0.3 is 10.6 Å². The molecule has 0 aliphatic rings. The Morgan fingerprint density at radius 1 is 1.40 bits per heavy atom. The van der Waals surface area contributed by atoms with E-state index in [2.05, 4.69) is 15.6 Å². The number of anilines is 1. The Morgan fingerprint density at radius 3 is 2.60 bits per heavy atom. The number of rotatable bonds is 6. The summed E-state index contributed by atoms with van der Waals surface area (Å²) in [5.41, 5.74) is 0.506. The van der Waals surface area contributed by atoms with Gasteiger partial charge in [-0.2, -0.15) is 0 Å². The number of aryl methyl sites for hydroxylation is 1. The molecule has 1 unspecified atom stereocenters. The van der Waals surface area contributed by atoms with Crippen LogP contribution in [0, 0.1) is 23.0 Å². The van der Waals surface area contributed by atoms with Crippen molar-refractivity contribution < 1.29 is 9.72 Å². The number of aromatic nitrogens is 1. The van der Waals surface area contributed by atoms with Crippen LogP contribution in [-0.4, -0.2) is 28.4 Å². The first-order chi connectivity index (χ1) is 9.31. The average molecular weight is 280 g/mol. The summed E-state index contributed by atoms with van der Waals surface area (Å²) < 4.78 is 0.